The minimum Gasteiger partial charge on any atom is -0.495 e. The quantitative estimate of drug-likeness (QED) is 0.658. The van der Waals surface area contributed by atoms with Crippen LogP contribution in [0.5, 0.6) is 11.5 Å². The summed E-state index contributed by atoms with van der Waals surface area (Å²) < 4.78 is 36.4. The van der Waals surface area contributed by atoms with Gasteiger partial charge in [0, 0.05) is 39.6 Å². The van der Waals surface area contributed by atoms with E-state index in [2.05, 4.69) is 9.98 Å². The maximum atomic E-state index is 12.2. The van der Waals surface area contributed by atoms with Crippen molar-refractivity contribution >= 4 is 38.4 Å². The van der Waals surface area contributed by atoms with E-state index in [-0.39, 0.29) is 0 Å². The number of benzene rings is 1. The number of halogens is 2. The molecule has 0 unspecified atom stereocenters. The SMILES string of the molecule is COc1c2ccncc2c(OC)c2sc(/C=N/CC(F)F)cc12. The molecule has 0 radical (unpaired) electrons. The number of alkyl halides is 2. The number of fused-ring (bicyclic) bond motifs is 2. The van der Waals surface area contributed by atoms with Gasteiger partial charge in [-0.15, -0.1) is 11.3 Å². The Bertz CT molecular complexity index is 817. The van der Waals surface area contributed by atoms with E-state index in [0.717, 1.165) is 25.7 Å². The number of aromatic nitrogens is 1. The van der Waals surface area contributed by atoms with Gasteiger partial charge in [-0.05, 0) is 12.1 Å². The highest BCUT2D eigenvalue weighted by Gasteiger charge is 2.17. The molecule has 0 fully saturated rings. The Morgan fingerprint density at radius 1 is 1.22 bits per heavy atom. The van der Waals surface area contributed by atoms with E-state index in [1.807, 2.05) is 12.1 Å². The van der Waals surface area contributed by atoms with Crippen molar-refractivity contribution < 1.29 is 18.3 Å². The summed E-state index contributed by atoms with van der Waals surface area (Å²) in [6, 6.07) is 3.73. The highest BCUT2D eigenvalue weighted by Crippen LogP contribution is 2.45. The van der Waals surface area contributed by atoms with Crippen LogP contribution in [0, 0.1) is 0 Å². The van der Waals surface area contributed by atoms with Gasteiger partial charge in [0.1, 0.15) is 11.5 Å². The van der Waals surface area contributed by atoms with Crippen molar-refractivity contribution in [2.24, 2.45) is 4.99 Å². The summed E-state index contributed by atoms with van der Waals surface area (Å²) in [5.41, 5.74) is 0. The number of nitrogens with zero attached hydrogens (tertiary/aromatic N) is 2. The zero-order chi connectivity index (χ0) is 16.4. The average Bonchev–Trinajstić information content (AvgIpc) is 2.95. The first-order valence-corrected chi connectivity index (χ1v) is 7.66. The minimum atomic E-state index is -2.45. The van der Waals surface area contributed by atoms with Gasteiger partial charge in [0.25, 0.3) is 6.43 Å². The van der Waals surface area contributed by atoms with E-state index < -0.39 is 13.0 Å². The van der Waals surface area contributed by atoms with Gasteiger partial charge in [0.05, 0.1) is 25.5 Å². The second-order valence-corrected chi connectivity index (χ2v) is 5.85. The van der Waals surface area contributed by atoms with E-state index in [1.54, 1.807) is 26.6 Å². The minimum absolute atomic E-state index is 0.506. The first kappa shape index (κ1) is 15.6. The Morgan fingerprint density at radius 3 is 2.70 bits per heavy atom. The highest BCUT2D eigenvalue weighted by molar-refractivity contribution is 7.21. The number of methoxy groups -OCH3 is 2. The number of thiophene rings is 1. The molecule has 2 aromatic heterocycles. The summed E-state index contributed by atoms with van der Waals surface area (Å²) in [6.07, 6.45) is 2.42. The van der Waals surface area contributed by atoms with E-state index in [1.165, 1.54) is 17.6 Å². The lowest BCUT2D eigenvalue weighted by Crippen LogP contribution is -1.94. The van der Waals surface area contributed by atoms with Gasteiger partial charge in [-0.3, -0.25) is 9.98 Å². The van der Waals surface area contributed by atoms with E-state index in [0.29, 0.717) is 11.5 Å². The molecule has 0 saturated carbocycles. The lowest BCUT2D eigenvalue weighted by atomic mass is 10.1. The summed E-state index contributed by atoms with van der Waals surface area (Å²) >= 11 is 1.42. The molecule has 0 atom stereocenters. The molecule has 3 rings (SSSR count). The van der Waals surface area contributed by atoms with E-state index >= 15 is 0 Å². The Balaban J connectivity index is 2.23. The van der Waals surface area contributed by atoms with Crippen LogP contribution in [0.3, 0.4) is 0 Å². The number of rotatable bonds is 5. The largest absolute Gasteiger partial charge is 0.495 e. The van der Waals surface area contributed by atoms with Gasteiger partial charge in [0.15, 0.2) is 0 Å². The molecule has 0 bridgehead atoms. The molecule has 1 aromatic carbocycles. The fourth-order valence-corrected chi connectivity index (χ4v) is 3.58. The fraction of sp³-hybridized carbons (Fsp3) is 0.250. The summed E-state index contributed by atoms with van der Waals surface area (Å²) in [5.74, 6) is 1.41. The number of hydrogen-bond donors (Lipinski definition) is 0. The molecule has 2 heterocycles. The van der Waals surface area contributed by atoms with Crippen LogP contribution < -0.4 is 9.47 Å². The van der Waals surface area contributed by atoms with Gasteiger partial charge in [-0.25, -0.2) is 8.78 Å². The third-order valence-corrected chi connectivity index (χ3v) is 4.45. The summed E-state index contributed by atoms with van der Waals surface area (Å²) in [7, 11) is 3.20. The van der Waals surface area contributed by atoms with Crippen LogP contribution in [0.2, 0.25) is 0 Å². The van der Waals surface area contributed by atoms with Gasteiger partial charge in [0.2, 0.25) is 0 Å². The molecule has 0 saturated heterocycles. The maximum absolute atomic E-state index is 12.2. The Kier molecular flexibility index (Phi) is 4.38. The smallest absolute Gasteiger partial charge is 0.257 e. The average molecular weight is 336 g/mol. The van der Waals surface area contributed by atoms with Crippen LogP contribution in [0.4, 0.5) is 8.78 Å². The number of ether oxygens (including phenoxy) is 2. The van der Waals surface area contributed by atoms with Crippen LogP contribution in [0.25, 0.3) is 20.9 Å². The first-order valence-electron chi connectivity index (χ1n) is 6.85. The van der Waals surface area contributed by atoms with Crippen LogP contribution in [0.1, 0.15) is 4.88 Å². The monoisotopic (exact) mass is 336 g/mol. The number of aliphatic imine (C=N–C) groups is 1. The van der Waals surface area contributed by atoms with Crippen molar-refractivity contribution in [1.29, 1.82) is 0 Å². The summed E-state index contributed by atoms with van der Waals surface area (Å²) in [6.45, 7) is -0.506. The number of hydrogen-bond acceptors (Lipinski definition) is 5. The Hall–Kier alpha value is -2.28. The molecule has 4 nitrogen and oxygen atoms in total. The zero-order valence-corrected chi connectivity index (χ0v) is 13.4. The third kappa shape index (κ3) is 2.84. The fourth-order valence-electron chi connectivity index (χ4n) is 2.50. The normalized spacial score (nSPS) is 11.9. The molecule has 0 aliphatic rings. The van der Waals surface area contributed by atoms with E-state index in [9.17, 15) is 8.78 Å². The van der Waals surface area contributed by atoms with Gasteiger partial charge in [-0.2, -0.15) is 0 Å². The highest BCUT2D eigenvalue weighted by atomic mass is 32.1. The van der Waals surface area contributed by atoms with Crippen molar-refractivity contribution in [3.63, 3.8) is 0 Å². The van der Waals surface area contributed by atoms with Crippen LogP contribution in [-0.4, -0.2) is 38.4 Å². The van der Waals surface area contributed by atoms with Crippen molar-refractivity contribution in [3.05, 3.63) is 29.4 Å². The predicted octanol–water partition coefficient (Wildman–Crippen LogP) is 4.15. The predicted molar refractivity (Wildman–Crippen MR) is 88.7 cm³/mol. The van der Waals surface area contributed by atoms with Crippen molar-refractivity contribution in [2.45, 2.75) is 6.43 Å². The lowest BCUT2D eigenvalue weighted by molar-refractivity contribution is 0.159. The second kappa shape index (κ2) is 6.45. The molecular weight excluding hydrogens is 322 g/mol. The standard InChI is InChI=1S/C16H14F2N2O2S/c1-21-14-10-3-4-19-7-12(10)15(22-2)16-11(14)5-9(23-16)6-20-8-13(17)18/h3-7,13H,8H2,1-2H3/b20-6+. The van der Waals surface area contributed by atoms with Crippen LogP contribution >= 0.6 is 11.3 Å². The molecule has 0 N–H and O–H groups in total. The Labute approximate surface area is 135 Å². The van der Waals surface area contributed by atoms with Crippen LogP contribution in [0.15, 0.2) is 29.5 Å². The molecule has 23 heavy (non-hydrogen) atoms. The van der Waals surface area contributed by atoms with Crippen molar-refractivity contribution in [3.8, 4) is 11.5 Å². The summed E-state index contributed by atoms with van der Waals surface area (Å²) in [4.78, 5) is 8.66. The maximum Gasteiger partial charge on any atom is 0.257 e. The van der Waals surface area contributed by atoms with Gasteiger partial charge < -0.3 is 9.47 Å². The molecule has 0 spiro atoms. The molecule has 0 aliphatic heterocycles. The van der Waals surface area contributed by atoms with Gasteiger partial charge in [-0.1, -0.05) is 0 Å². The Morgan fingerprint density at radius 2 is 2.00 bits per heavy atom. The first-order chi connectivity index (χ1) is 11.2. The molecule has 7 heteroatoms. The topological polar surface area (TPSA) is 43.7 Å². The second-order valence-electron chi connectivity index (χ2n) is 4.76. The zero-order valence-electron chi connectivity index (χ0n) is 12.5. The van der Waals surface area contributed by atoms with Crippen molar-refractivity contribution in [1.82, 2.24) is 4.98 Å². The molecular formula is C16H14F2N2O2S. The molecule has 0 amide bonds. The van der Waals surface area contributed by atoms with Crippen molar-refractivity contribution in [2.75, 3.05) is 20.8 Å². The van der Waals surface area contributed by atoms with Crippen LogP contribution in [-0.2, 0) is 0 Å². The molecule has 0 aliphatic carbocycles. The summed E-state index contributed by atoms with van der Waals surface area (Å²) in [5, 5.41) is 2.60. The molecule has 3 aromatic rings. The lowest BCUT2D eigenvalue weighted by Gasteiger charge is -2.11. The third-order valence-electron chi connectivity index (χ3n) is 3.38. The van der Waals surface area contributed by atoms with E-state index in [4.69, 9.17) is 9.47 Å². The van der Waals surface area contributed by atoms with Gasteiger partial charge >= 0.3 is 0 Å². The number of pyridine rings is 1. The molecule has 120 valence electrons.